The minimum absolute atomic E-state index is 0.151. The number of carbonyl (C=O) groups is 3. The van der Waals surface area contributed by atoms with Crippen molar-refractivity contribution in [3.8, 4) is 0 Å². The molecule has 0 bridgehead atoms. The lowest BCUT2D eigenvalue weighted by Crippen LogP contribution is -2.43. The number of aliphatic carboxylic acids is 1. The summed E-state index contributed by atoms with van der Waals surface area (Å²) in [6.07, 6.45) is 1.31. The van der Waals surface area contributed by atoms with E-state index in [1.165, 1.54) is 0 Å². The molecule has 0 aliphatic heterocycles. The molecule has 59 heavy (non-hydrogen) atoms. The fraction of sp³-hybridized carbons (Fsp3) is 0.449. The Kier molecular flexibility index (Phi) is 15.3. The summed E-state index contributed by atoms with van der Waals surface area (Å²) in [5.41, 5.74) is 4.17. The van der Waals surface area contributed by atoms with Crippen LogP contribution >= 0.6 is 0 Å². The second kappa shape index (κ2) is 21.4. The van der Waals surface area contributed by atoms with Gasteiger partial charge in [0.05, 0.1) is 68.6 Å². The van der Waals surface area contributed by atoms with Crippen molar-refractivity contribution in [2.45, 2.75) is 121 Å². The number of hydrogen-bond donors (Lipinski definition) is 1. The van der Waals surface area contributed by atoms with Crippen molar-refractivity contribution in [3.05, 3.63) is 144 Å². The first-order chi connectivity index (χ1) is 28.8. The first-order valence-electron chi connectivity index (χ1n) is 21.1. The molecular weight excluding hydrogens is 749 g/mol. The van der Waals surface area contributed by atoms with Crippen molar-refractivity contribution in [3.63, 3.8) is 0 Å². The quantitative estimate of drug-likeness (QED) is 0.104. The van der Waals surface area contributed by atoms with E-state index in [1.54, 1.807) is 0 Å². The fourth-order valence-electron chi connectivity index (χ4n) is 8.65. The van der Waals surface area contributed by atoms with Crippen molar-refractivity contribution >= 4 is 17.9 Å². The predicted molar refractivity (Wildman–Crippen MR) is 219 cm³/mol. The summed E-state index contributed by atoms with van der Waals surface area (Å²) in [6, 6.07) is 39.7. The van der Waals surface area contributed by atoms with Gasteiger partial charge in [-0.05, 0) is 73.6 Å². The molecular formula is C49H56O10. The Balaban J connectivity index is 0.979. The summed E-state index contributed by atoms with van der Waals surface area (Å²) in [4.78, 5) is 40.3. The van der Waals surface area contributed by atoms with E-state index in [-0.39, 0.29) is 43.7 Å². The minimum atomic E-state index is -1.00. The molecule has 4 aromatic rings. The van der Waals surface area contributed by atoms with Crippen LogP contribution in [-0.4, -0.2) is 59.6 Å². The summed E-state index contributed by atoms with van der Waals surface area (Å²) < 4.78 is 37.6. The topological polar surface area (TPSA) is 127 Å². The van der Waals surface area contributed by atoms with Gasteiger partial charge < -0.3 is 33.5 Å². The van der Waals surface area contributed by atoms with Crippen molar-refractivity contribution < 1.29 is 47.9 Å². The van der Waals surface area contributed by atoms with Crippen LogP contribution in [0.25, 0.3) is 0 Å². The molecule has 3 fully saturated rings. The molecule has 1 N–H and O–H groups in total. The van der Waals surface area contributed by atoms with Gasteiger partial charge >= 0.3 is 17.9 Å². The van der Waals surface area contributed by atoms with E-state index in [9.17, 15) is 19.5 Å². The van der Waals surface area contributed by atoms with Crippen LogP contribution < -0.4 is 0 Å². The van der Waals surface area contributed by atoms with E-state index < -0.39 is 47.9 Å². The Morgan fingerprint density at radius 1 is 0.373 bits per heavy atom. The molecule has 3 saturated carbocycles. The van der Waals surface area contributed by atoms with Gasteiger partial charge in [-0.3, -0.25) is 14.4 Å². The molecule has 0 heterocycles. The molecule has 3 aliphatic rings. The zero-order chi connectivity index (χ0) is 40.8. The van der Waals surface area contributed by atoms with E-state index in [1.807, 2.05) is 121 Å². The van der Waals surface area contributed by atoms with E-state index in [2.05, 4.69) is 0 Å². The summed E-state index contributed by atoms with van der Waals surface area (Å²) in [7, 11) is 0. The SMILES string of the molecule is O=C(O)C1CC(OC(=O)C2CC(OCc3ccccc3)CC(OCc3ccccc3)C2)CC(OC(=O)C2CC(OCc3ccccc3)CC(OCc3ccccc3)C2)C1. The number of carboxylic acids is 1. The Morgan fingerprint density at radius 3 is 0.898 bits per heavy atom. The van der Waals surface area contributed by atoms with Crippen LogP contribution in [0.15, 0.2) is 121 Å². The molecule has 6 atom stereocenters. The van der Waals surface area contributed by atoms with Crippen LogP contribution in [0, 0.1) is 17.8 Å². The lowest BCUT2D eigenvalue weighted by Gasteiger charge is -2.37. The van der Waals surface area contributed by atoms with Crippen molar-refractivity contribution in [1.29, 1.82) is 0 Å². The van der Waals surface area contributed by atoms with Crippen LogP contribution in [0.3, 0.4) is 0 Å². The lowest BCUT2D eigenvalue weighted by atomic mass is 9.83. The van der Waals surface area contributed by atoms with Gasteiger partial charge in [-0.25, -0.2) is 0 Å². The normalized spacial score (nSPS) is 27.0. The van der Waals surface area contributed by atoms with Crippen LogP contribution in [-0.2, 0) is 69.2 Å². The van der Waals surface area contributed by atoms with Gasteiger partial charge in [0.25, 0.3) is 0 Å². The van der Waals surface area contributed by atoms with Gasteiger partial charge in [0.2, 0.25) is 0 Å². The van der Waals surface area contributed by atoms with Gasteiger partial charge in [0.1, 0.15) is 12.2 Å². The summed E-state index contributed by atoms with van der Waals surface area (Å²) in [5.74, 6) is -3.65. The van der Waals surface area contributed by atoms with E-state index in [4.69, 9.17) is 28.4 Å². The smallest absolute Gasteiger partial charge is 0.309 e. The molecule has 7 rings (SSSR count). The molecule has 6 unspecified atom stereocenters. The summed E-state index contributed by atoms with van der Waals surface area (Å²) >= 11 is 0. The average molecular weight is 805 g/mol. The van der Waals surface area contributed by atoms with Crippen LogP contribution in [0.1, 0.15) is 80.0 Å². The van der Waals surface area contributed by atoms with Gasteiger partial charge in [-0.1, -0.05) is 121 Å². The first-order valence-corrected chi connectivity index (χ1v) is 21.1. The van der Waals surface area contributed by atoms with E-state index in [0.29, 0.717) is 65.0 Å². The Hall–Kier alpha value is -4.87. The van der Waals surface area contributed by atoms with E-state index in [0.717, 1.165) is 22.3 Å². The van der Waals surface area contributed by atoms with Crippen molar-refractivity contribution in [2.24, 2.45) is 17.8 Å². The standard InChI is InChI=1S/C49H56O10/c50-47(51)38-21-45(58-48(52)39-23-41(54-30-34-13-5-1-6-14-34)27-42(24-39)55-31-35-15-7-2-8-16-35)29-46(22-38)59-49(53)40-25-43(56-32-36-17-9-3-10-18-36)28-44(26-40)57-33-37-19-11-4-12-20-37/h1-20,38-46H,21-33H2,(H,50,51). The van der Waals surface area contributed by atoms with Gasteiger partial charge in [-0.2, -0.15) is 0 Å². The number of rotatable bonds is 17. The Morgan fingerprint density at radius 2 is 0.627 bits per heavy atom. The van der Waals surface area contributed by atoms with Gasteiger partial charge in [-0.15, -0.1) is 0 Å². The number of carbonyl (C=O) groups excluding carboxylic acids is 2. The predicted octanol–water partition coefficient (Wildman–Crippen LogP) is 8.64. The zero-order valence-electron chi connectivity index (χ0n) is 33.6. The van der Waals surface area contributed by atoms with Gasteiger partial charge in [0, 0.05) is 6.42 Å². The first kappa shape index (κ1) is 42.3. The molecule has 0 aromatic heterocycles. The summed E-state index contributed by atoms with van der Waals surface area (Å²) in [6.45, 7) is 1.65. The zero-order valence-corrected chi connectivity index (χ0v) is 33.6. The second-order valence-electron chi connectivity index (χ2n) is 16.3. The highest BCUT2D eigenvalue weighted by Crippen LogP contribution is 2.36. The maximum atomic E-state index is 13.9. The maximum Gasteiger partial charge on any atom is 0.309 e. The van der Waals surface area contributed by atoms with Crippen LogP contribution in [0.5, 0.6) is 0 Å². The highest BCUT2D eigenvalue weighted by Gasteiger charge is 2.42. The Bertz CT molecular complexity index is 1660. The molecule has 10 heteroatoms. The highest BCUT2D eigenvalue weighted by molar-refractivity contribution is 5.74. The molecule has 312 valence electrons. The Labute approximate surface area is 347 Å². The number of ether oxygens (including phenoxy) is 6. The van der Waals surface area contributed by atoms with Crippen LogP contribution in [0.4, 0.5) is 0 Å². The average Bonchev–Trinajstić information content (AvgIpc) is 3.27. The fourth-order valence-corrected chi connectivity index (χ4v) is 8.65. The second-order valence-corrected chi connectivity index (χ2v) is 16.3. The molecule has 4 aromatic carbocycles. The highest BCUT2D eigenvalue weighted by atomic mass is 16.6. The number of carboxylic acid groups (broad SMARTS) is 1. The van der Waals surface area contributed by atoms with Crippen LogP contribution in [0.2, 0.25) is 0 Å². The molecule has 0 saturated heterocycles. The molecule has 0 radical (unpaired) electrons. The lowest BCUT2D eigenvalue weighted by molar-refractivity contribution is -0.176. The van der Waals surface area contributed by atoms with E-state index >= 15 is 0 Å². The number of esters is 2. The molecule has 10 nitrogen and oxygen atoms in total. The number of hydrogen-bond acceptors (Lipinski definition) is 9. The molecule has 0 amide bonds. The monoisotopic (exact) mass is 804 g/mol. The van der Waals surface area contributed by atoms with Crippen molar-refractivity contribution in [1.82, 2.24) is 0 Å². The summed E-state index contributed by atoms with van der Waals surface area (Å²) in [5, 5.41) is 10.1. The number of benzene rings is 4. The largest absolute Gasteiger partial charge is 0.481 e. The molecule has 0 spiro atoms. The maximum absolute atomic E-state index is 13.9. The third kappa shape index (κ3) is 13.1. The minimum Gasteiger partial charge on any atom is -0.481 e. The third-order valence-corrected chi connectivity index (χ3v) is 11.8. The molecule has 3 aliphatic carbocycles. The third-order valence-electron chi connectivity index (χ3n) is 11.8. The van der Waals surface area contributed by atoms with Crippen molar-refractivity contribution in [2.75, 3.05) is 0 Å². The van der Waals surface area contributed by atoms with Gasteiger partial charge in [0.15, 0.2) is 0 Å².